The average Bonchev–Trinajstić information content (AvgIpc) is 2.92. The fourth-order valence-corrected chi connectivity index (χ4v) is 2.90. The molecule has 94 valence electrons. The fraction of sp³-hybridized carbons (Fsp3) is 0.231. The van der Waals surface area contributed by atoms with E-state index in [4.69, 9.17) is 0 Å². The second-order valence-corrected chi connectivity index (χ2v) is 5.98. The zero-order valence-corrected chi connectivity index (χ0v) is 12.6. The lowest BCUT2D eigenvalue weighted by Crippen LogP contribution is -2.07. The van der Waals surface area contributed by atoms with E-state index < -0.39 is 0 Å². The van der Waals surface area contributed by atoms with Crippen LogP contribution in [0.15, 0.2) is 28.9 Å². The van der Waals surface area contributed by atoms with Crippen LogP contribution in [0.1, 0.15) is 27.2 Å². The Balaban J connectivity index is 2.21. The van der Waals surface area contributed by atoms with Crippen molar-refractivity contribution in [1.29, 1.82) is 0 Å². The van der Waals surface area contributed by atoms with E-state index in [2.05, 4.69) is 21.0 Å². The van der Waals surface area contributed by atoms with Gasteiger partial charge in [-0.05, 0) is 54.1 Å². The molecule has 0 saturated carbocycles. The summed E-state index contributed by atoms with van der Waals surface area (Å²) in [5.41, 5.74) is 0.599. The van der Waals surface area contributed by atoms with E-state index in [-0.39, 0.29) is 5.78 Å². The van der Waals surface area contributed by atoms with Crippen LogP contribution in [0.2, 0.25) is 0 Å². The van der Waals surface area contributed by atoms with Crippen LogP contribution in [0.5, 0.6) is 0 Å². The van der Waals surface area contributed by atoms with Crippen molar-refractivity contribution in [3.05, 3.63) is 44.3 Å². The maximum atomic E-state index is 12.1. The first-order valence-corrected chi connectivity index (χ1v) is 7.23. The summed E-state index contributed by atoms with van der Waals surface area (Å²) >= 11 is 5.02. The summed E-state index contributed by atoms with van der Waals surface area (Å²) in [6, 6.07) is 4.05. The first-order chi connectivity index (χ1) is 8.61. The van der Waals surface area contributed by atoms with Crippen molar-refractivity contribution < 1.29 is 4.79 Å². The standard InChI is InChI=1S/C13H13BrN2OS/c1-3-16-13(11(14)8-15-16)12(17)7-6-10-5-4-9(2)18-10/h4-8H,3H2,1-2H3/b7-6+. The third kappa shape index (κ3) is 2.79. The summed E-state index contributed by atoms with van der Waals surface area (Å²) in [4.78, 5) is 14.4. The number of aromatic nitrogens is 2. The van der Waals surface area contributed by atoms with Gasteiger partial charge in [0.05, 0.1) is 10.7 Å². The zero-order valence-electron chi connectivity index (χ0n) is 10.2. The quantitative estimate of drug-likeness (QED) is 0.630. The molecule has 0 aliphatic heterocycles. The van der Waals surface area contributed by atoms with E-state index in [1.54, 1.807) is 28.3 Å². The molecule has 2 heterocycles. The molecule has 0 aliphatic rings. The van der Waals surface area contributed by atoms with Crippen LogP contribution < -0.4 is 0 Å². The topological polar surface area (TPSA) is 34.9 Å². The van der Waals surface area contributed by atoms with Gasteiger partial charge >= 0.3 is 0 Å². The Morgan fingerprint density at radius 2 is 2.33 bits per heavy atom. The third-order valence-electron chi connectivity index (χ3n) is 2.49. The van der Waals surface area contributed by atoms with Gasteiger partial charge in [0.1, 0.15) is 5.69 Å². The van der Waals surface area contributed by atoms with Crippen molar-refractivity contribution in [2.45, 2.75) is 20.4 Å². The van der Waals surface area contributed by atoms with Gasteiger partial charge in [-0.3, -0.25) is 9.48 Å². The molecule has 2 aromatic rings. The Labute approximate surface area is 118 Å². The molecule has 0 amide bonds. The van der Waals surface area contributed by atoms with Crippen LogP contribution in [0.3, 0.4) is 0 Å². The highest BCUT2D eigenvalue weighted by Gasteiger charge is 2.13. The Morgan fingerprint density at radius 1 is 1.56 bits per heavy atom. The molecule has 0 aliphatic carbocycles. The summed E-state index contributed by atoms with van der Waals surface area (Å²) < 4.78 is 2.43. The largest absolute Gasteiger partial charge is 0.288 e. The molecular formula is C13H13BrN2OS. The highest BCUT2D eigenvalue weighted by atomic mass is 79.9. The summed E-state index contributed by atoms with van der Waals surface area (Å²) in [7, 11) is 0. The van der Waals surface area contributed by atoms with Gasteiger partial charge in [0.2, 0.25) is 5.78 Å². The lowest BCUT2D eigenvalue weighted by atomic mass is 10.2. The smallest absolute Gasteiger partial charge is 0.205 e. The number of ketones is 1. The molecule has 0 fully saturated rings. The van der Waals surface area contributed by atoms with Gasteiger partial charge in [-0.1, -0.05) is 0 Å². The minimum atomic E-state index is -0.0349. The van der Waals surface area contributed by atoms with Crippen LogP contribution in [0.25, 0.3) is 6.08 Å². The van der Waals surface area contributed by atoms with Gasteiger partial charge in [0.15, 0.2) is 0 Å². The van der Waals surface area contributed by atoms with Crippen molar-refractivity contribution in [3.8, 4) is 0 Å². The second-order valence-electron chi connectivity index (χ2n) is 3.80. The molecule has 5 heteroatoms. The number of nitrogens with zero attached hydrogens (tertiary/aromatic N) is 2. The summed E-state index contributed by atoms with van der Waals surface area (Å²) in [6.07, 6.45) is 5.10. The molecule has 0 spiro atoms. The van der Waals surface area contributed by atoms with E-state index in [1.807, 2.05) is 32.1 Å². The normalized spacial score (nSPS) is 11.3. The van der Waals surface area contributed by atoms with Gasteiger partial charge < -0.3 is 0 Å². The molecule has 0 atom stereocenters. The number of rotatable bonds is 4. The number of allylic oxidation sites excluding steroid dienone is 1. The number of hydrogen-bond acceptors (Lipinski definition) is 3. The first-order valence-electron chi connectivity index (χ1n) is 5.62. The summed E-state index contributed by atoms with van der Waals surface area (Å²) in [6.45, 7) is 4.69. The average molecular weight is 325 g/mol. The lowest BCUT2D eigenvalue weighted by molar-refractivity contribution is 0.103. The molecule has 0 aromatic carbocycles. The van der Waals surface area contributed by atoms with E-state index in [0.29, 0.717) is 12.2 Å². The SMILES string of the molecule is CCn1ncc(Br)c1C(=O)/C=C/c1ccc(C)s1. The van der Waals surface area contributed by atoms with E-state index >= 15 is 0 Å². The first kappa shape index (κ1) is 13.2. The molecule has 0 N–H and O–H groups in total. The number of carbonyl (C=O) groups is 1. The van der Waals surface area contributed by atoms with Gasteiger partial charge in [0.25, 0.3) is 0 Å². The third-order valence-corrected chi connectivity index (χ3v) is 4.03. The predicted octanol–water partition coefficient (Wildman–Crippen LogP) is 3.93. The molecule has 2 rings (SSSR count). The monoisotopic (exact) mass is 324 g/mol. The molecule has 0 radical (unpaired) electrons. The van der Waals surface area contributed by atoms with E-state index in [1.165, 1.54) is 4.88 Å². The number of carbonyl (C=O) groups excluding carboxylic acids is 1. The molecule has 3 nitrogen and oxygen atoms in total. The Kier molecular flexibility index (Phi) is 4.14. The summed E-state index contributed by atoms with van der Waals surface area (Å²) in [5, 5.41) is 4.13. The number of hydrogen-bond donors (Lipinski definition) is 0. The van der Waals surface area contributed by atoms with E-state index in [0.717, 1.165) is 9.35 Å². The van der Waals surface area contributed by atoms with Crippen molar-refractivity contribution >= 4 is 39.1 Å². The highest BCUT2D eigenvalue weighted by Crippen LogP contribution is 2.19. The fourth-order valence-electron chi connectivity index (χ4n) is 1.63. The molecular weight excluding hydrogens is 312 g/mol. The second kappa shape index (κ2) is 5.63. The van der Waals surface area contributed by atoms with Gasteiger partial charge in [0, 0.05) is 16.3 Å². The van der Waals surface area contributed by atoms with Crippen LogP contribution in [-0.2, 0) is 6.54 Å². The molecule has 18 heavy (non-hydrogen) atoms. The predicted molar refractivity (Wildman–Crippen MR) is 78.0 cm³/mol. The maximum absolute atomic E-state index is 12.1. The van der Waals surface area contributed by atoms with Crippen molar-refractivity contribution in [1.82, 2.24) is 9.78 Å². The molecule has 0 saturated heterocycles. The van der Waals surface area contributed by atoms with Crippen LogP contribution in [-0.4, -0.2) is 15.6 Å². The zero-order chi connectivity index (χ0) is 13.1. The molecule has 0 unspecified atom stereocenters. The van der Waals surface area contributed by atoms with E-state index in [9.17, 15) is 4.79 Å². The van der Waals surface area contributed by atoms with Crippen molar-refractivity contribution in [2.75, 3.05) is 0 Å². The summed E-state index contributed by atoms with van der Waals surface area (Å²) in [5.74, 6) is -0.0349. The number of halogens is 1. The number of aryl methyl sites for hydroxylation is 2. The number of thiophene rings is 1. The van der Waals surface area contributed by atoms with Gasteiger partial charge in [-0.25, -0.2) is 0 Å². The van der Waals surface area contributed by atoms with Crippen LogP contribution >= 0.6 is 27.3 Å². The highest BCUT2D eigenvalue weighted by molar-refractivity contribution is 9.10. The van der Waals surface area contributed by atoms with Crippen molar-refractivity contribution in [3.63, 3.8) is 0 Å². The van der Waals surface area contributed by atoms with Gasteiger partial charge in [-0.15, -0.1) is 11.3 Å². The maximum Gasteiger partial charge on any atom is 0.205 e. The Morgan fingerprint density at radius 3 is 2.94 bits per heavy atom. The van der Waals surface area contributed by atoms with Crippen molar-refractivity contribution in [2.24, 2.45) is 0 Å². The van der Waals surface area contributed by atoms with Gasteiger partial charge in [-0.2, -0.15) is 5.10 Å². The Hall–Kier alpha value is -1.20. The molecule has 0 bridgehead atoms. The van der Waals surface area contributed by atoms with Crippen LogP contribution in [0, 0.1) is 6.92 Å². The molecule has 2 aromatic heterocycles. The van der Waals surface area contributed by atoms with Crippen LogP contribution in [0.4, 0.5) is 0 Å². The minimum absolute atomic E-state index is 0.0349. The minimum Gasteiger partial charge on any atom is -0.288 e. The lowest BCUT2D eigenvalue weighted by Gasteiger charge is -2.00. The Bertz CT molecular complexity index is 598.